The second-order valence-electron chi connectivity index (χ2n) is 9.50. The van der Waals surface area contributed by atoms with Gasteiger partial charge < -0.3 is 18.8 Å². The SMILES string of the molecule is CC1=Cc2ccc3ccccc3c2C1[CH-]C1C(C)=Cc2ccc3ccccc3c21.C[Si](C)=[Zr+2].[Cl-]. The largest absolute Gasteiger partial charge is 1.00 e. The number of benzene rings is 4. The Labute approximate surface area is 225 Å². The molecule has 3 heteroatoms. The zero-order valence-electron chi connectivity index (χ0n) is 20.2. The zero-order valence-corrected chi connectivity index (χ0v) is 24.4. The number of allylic oxidation sites excluding steroid dienone is 2. The fourth-order valence-electron chi connectivity index (χ4n) is 5.38. The van der Waals surface area contributed by atoms with E-state index in [2.05, 4.69) is 118 Å². The summed E-state index contributed by atoms with van der Waals surface area (Å²) in [5.74, 6) is 0.712. The van der Waals surface area contributed by atoms with E-state index in [0.29, 0.717) is 11.8 Å². The van der Waals surface area contributed by atoms with E-state index in [1.165, 1.54) is 54.9 Å². The minimum Gasteiger partial charge on any atom is -1.00 e. The van der Waals surface area contributed by atoms with Gasteiger partial charge in [-0.25, -0.2) is 0 Å². The predicted octanol–water partition coefficient (Wildman–Crippen LogP) is 5.69. The molecule has 0 radical (unpaired) electrons. The minimum atomic E-state index is 0. The third kappa shape index (κ3) is 4.70. The molecule has 4 aromatic carbocycles. The van der Waals surface area contributed by atoms with Crippen LogP contribution in [-0.4, -0.2) is 5.43 Å². The van der Waals surface area contributed by atoms with Gasteiger partial charge in [-0.05, 0) is 46.5 Å². The average molecular weight is 556 g/mol. The first-order chi connectivity index (χ1) is 15.9. The molecule has 4 aromatic rings. The van der Waals surface area contributed by atoms with Crippen LogP contribution in [-0.2, 0) is 23.3 Å². The van der Waals surface area contributed by atoms with Crippen LogP contribution < -0.4 is 12.4 Å². The van der Waals surface area contributed by atoms with Gasteiger partial charge in [-0.15, -0.1) is 11.8 Å². The summed E-state index contributed by atoms with van der Waals surface area (Å²) in [7, 11) is 0. The van der Waals surface area contributed by atoms with Crippen molar-refractivity contribution in [3.63, 3.8) is 0 Å². The molecular weight excluding hydrogens is 527 g/mol. The van der Waals surface area contributed by atoms with E-state index in [9.17, 15) is 0 Å². The molecule has 0 aliphatic heterocycles. The second kappa shape index (κ2) is 10.5. The van der Waals surface area contributed by atoms with Crippen LogP contribution in [0.5, 0.6) is 0 Å². The van der Waals surface area contributed by atoms with Gasteiger partial charge in [0, 0.05) is 0 Å². The standard InChI is InChI=1S/C29H23.C2H6Si.ClH.Zr/c1-18-15-22-13-11-20-7-3-5-9-24(20)28(22)26(18)17-27-19(2)16-23-14-12-21-8-4-6-10-25(21)29(23)27;1-3-2;;/h3-17,26-27H,1-2H3;1-2H3;1H;/q-1;;;+2/p-1. The monoisotopic (exact) mass is 554 g/mol. The molecule has 0 nitrogen and oxygen atoms in total. The number of rotatable bonds is 2. The molecule has 0 fully saturated rings. The molecule has 2 unspecified atom stereocenters. The quantitative estimate of drug-likeness (QED) is 0.220. The summed E-state index contributed by atoms with van der Waals surface area (Å²) < 4.78 is 0. The Kier molecular flexibility index (Phi) is 7.82. The molecule has 6 rings (SSSR count). The maximum absolute atomic E-state index is 2.59. The van der Waals surface area contributed by atoms with Gasteiger partial charge in [-0.3, -0.25) is 0 Å². The molecule has 0 spiro atoms. The summed E-state index contributed by atoms with van der Waals surface area (Å²) >= 11 is 1.74. The van der Waals surface area contributed by atoms with Crippen LogP contribution in [0.3, 0.4) is 0 Å². The van der Waals surface area contributed by atoms with Crippen LogP contribution in [0.2, 0.25) is 13.1 Å². The summed E-state index contributed by atoms with van der Waals surface area (Å²) in [6, 6.07) is 26.7. The smallest absolute Gasteiger partial charge is 1.00 e. The van der Waals surface area contributed by atoms with Gasteiger partial charge >= 0.3 is 41.9 Å². The third-order valence-electron chi connectivity index (χ3n) is 6.76. The molecule has 2 aliphatic carbocycles. The normalized spacial score (nSPS) is 17.8. The van der Waals surface area contributed by atoms with Crippen molar-refractivity contribution < 1.29 is 35.7 Å². The molecule has 0 heterocycles. The minimum absolute atomic E-state index is 0. The van der Waals surface area contributed by atoms with Crippen molar-refractivity contribution >= 4 is 39.1 Å². The number of hydrogen-bond acceptors (Lipinski definition) is 0. The van der Waals surface area contributed by atoms with E-state index in [1.807, 2.05) is 0 Å². The first kappa shape index (κ1) is 25.4. The van der Waals surface area contributed by atoms with Crippen LogP contribution in [0.1, 0.15) is 47.9 Å². The van der Waals surface area contributed by atoms with Gasteiger partial charge in [-0.2, -0.15) is 0 Å². The van der Waals surface area contributed by atoms with Crippen LogP contribution >= 0.6 is 0 Å². The number of halogens is 1. The molecule has 0 saturated heterocycles. The van der Waals surface area contributed by atoms with E-state index in [4.69, 9.17) is 0 Å². The fourth-order valence-corrected chi connectivity index (χ4v) is 5.38. The molecule has 0 bridgehead atoms. The molecule has 0 amide bonds. The molecule has 34 heavy (non-hydrogen) atoms. The fraction of sp³-hybridized carbons (Fsp3) is 0.194. The van der Waals surface area contributed by atoms with Gasteiger partial charge in [0.15, 0.2) is 0 Å². The topological polar surface area (TPSA) is 0 Å². The van der Waals surface area contributed by atoms with E-state index < -0.39 is 0 Å². The molecule has 168 valence electrons. The Morgan fingerprint density at radius 3 is 1.44 bits per heavy atom. The third-order valence-corrected chi connectivity index (χ3v) is 6.76. The second-order valence-corrected chi connectivity index (χ2v) is 18.9. The van der Waals surface area contributed by atoms with Crippen molar-refractivity contribution in [1.82, 2.24) is 0 Å². The van der Waals surface area contributed by atoms with Crippen LogP contribution in [0.4, 0.5) is 0 Å². The van der Waals surface area contributed by atoms with Gasteiger partial charge in [0.05, 0.1) is 0 Å². The molecular formula is C31H29ClSiZr. The van der Waals surface area contributed by atoms with Crippen molar-refractivity contribution in [2.24, 2.45) is 0 Å². The summed E-state index contributed by atoms with van der Waals surface area (Å²) in [5.41, 5.74) is 8.79. The first-order valence-electron chi connectivity index (χ1n) is 11.7. The van der Waals surface area contributed by atoms with Crippen molar-refractivity contribution in [3.8, 4) is 0 Å². The zero-order chi connectivity index (χ0) is 23.1. The van der Waals surface area contributed by atoms with Crippen molar-refractivity contribution in [2.75, 3.05) is 0 Å². The van der Waals surface area contributed by atoms with Gasteiger partial charge in [0.1, 0.15) is 0 Å². The molecule has 2 atom stereocenters. The molecule has 0 N–H and O–H groups in total. The van der Waals surface area contributed by atoms with E-state index in [0.717, 1.165) is 0 Å². The Bertz CT molecular complexity index is 1350. The number of fused-ring (bicyclic) bond motifs is 6. The van der Waals surface area contributed by atoms with E-state index in [-0.39, 0.29) is 17.8 Å². The summed E-state index contributed by atoms with van der Waals surface area (Å²) in [5, 5.41) is 5.43. The maximum atomic E-state index is 2.59. The first-order valence-corrected chi connectivity index (χ1v) is 17.9. The van der Waals surface area contributed by atoms with Gasteiger partial charge in [0.2, 0.25) is 0 Å². The van der Waals surface area contributed by atoms with E-state index >= 15 is 0 Å². The summed E-state index contributed by atoms with van der Waals surface area (Å²) in [4.78, 5) is 0. The Balaban J connectivity index is 0.000000511. The Morgan fingerprint density at radius 2 is 1.03 bits per heavy atom. The average Bonchev–Trinajstić information content (AvgIpc) is 3.30. The van der Waals surface area contributed by atoms with Crippen molar-refractivity contribution in [1.29, 1.82) is 0 Å². The van der Waals surface area contributed by atoms with Crippen molar-refractivity contribution in [3.05, 3.63) is 113 Å². The summed E-state index contributed by atoms with van der Waals surface area (Å²) in [6.45, 7) is 9.19. The van der Waals surface area contributed by atoms with Crippen LogP contribution in [0, 0.1) is 6.42 Å². The van der Waals surface area contributed by atoms with Gasteiger partial charge in [-0.1, -0.05) is 107 Å². The molecule has 0 aromatic heterocycles. The predicted molar refractivity (Wildman–Crippen MR) is 142 cm³/mol. The maximum Gasteiger partial charge on any atom is -1.00 e. The summed E-state index contributed by atoms with van der Waals surface area (Å²) in [6.07, 6.45) is 7.34. The van der Waals surface area contributed by atoms with Crippen LogP contribution in [0.25, 0.3) is 33.7 Å². The Morgan fingerprint density at radius 1 is 0.647 bits per heavy atom. The Hall–Kier alpha value is -1.73. The van der Waals surface area contributed by atoms with Crippen molar-refractivity contribution in [2.45, 2.75) is 38.8 Å². The molecule has 2 aliphatic rings. The number of hydrogen-bond donors (Lipinski definition) is 0. The molecule has 0 saturated carbocycles. The van der Waals surface area contributed by atoms with Gasteiger partial charge in [0.25, 0.3) is 0 Å². The van der Waals surface area contributed by atoms with Crippen LogP contribution in [0.15, 0.2) is 83.9 Å². The van der Waals surface area contributed by atoms with E-state index in [1.54, 1.807) is 23.3 Å².